The molecule has 3 N–H and O–H groups in total. The van der Waals surface area contributed by atoms with Crippen LogP contribution in [-0.4, -0.2) is 24.8 Å². The second-order valence-corrected chi connectivity index (χ2v) is 3.44. The van der Waals surface area contributed by atoms with E-state index in [0.717, 1.165) is 6.07 Å². The molecule has 15 heavy (non-hydrogen) atoms. The van der Waals surface area contributed by atoms with Gasteiger partial charge in [0.2, 0.25) is 0 Å². The maximum Gasteiger partial charge on any atom is 0.184 e. The quantitative estimate of drug-likeness (QED) is 0.750. The van der Waals surface area contributed by atoms with Crippen molar-refractivity contribution in [1.82, 2.24) is 0 Å². The van der Waals surface area contributed by atoms with E-state index in [1.54, 1.807) is 14.0 Å². The Morgan fingerprint density at radius 3 is 2.60 bits per heavy atom. The van der Waals surface area contributed by atoms with Crippen molar-refractivity contribution in [2.75, 3.05) is 24.3 Å². The molecular weight excluding hydrogens is 202 g/mol. The van der Waals surface area contributed by atoms with Crippen molar-refractivity contribution in [1.29, 1.82) is 0 Å². The summed E-state index contributed by atoms with van der Waals surface area (Å²) in [6.07, 6.45) is 0. The number of nitrogen functional groups attached to an aromatic ring is 1. The van der Waals surface area contributed by atoms with E-state index in [4.69, 9.17) is 10.8 Å². The van der Waals surface area contributed by atoms with Crippen LogP contribution in [0.4, 0.5) is 20.2 Å². The molecule has 1 atom stereocenters. The van der Waals surface area contributed by atoms with Crippen molar-refractivity contribution < 1.29 is 13.9 Å². The third-order valence-corrected chi connectivity index (χ3v) is 2.38. The number of likely N-dealkylation sites (N-methyl/N-ethyl adjacent to an activating group) is 1. The molecule has 0 saturated heterocycles. The highest BCUT2D eigenvalue weighted by atomic mass is 19.2. The van der Waals surface area contributed by atoms with Gasteiger partial charge in [0.1, 0.15) is 0 Å². The minimum Gasteiger partial charge on any atom is -0.397 e. The molecule has 0 aliphatic heterocycles. The van der Waals surface area contributed by atoms with Gasteiger partial charge in [0.15, 0.2) is 11.6 Å². The van der Waals surface area contributed by atoms with Gasteiger partial charge < -0.3 is 15.7 Å². The molecule has 0 aliphatic carbocycles. The van der Waals surface area contributed by atoms with E-state index >= 15 is 0 Å². The van der Waals surface area contributed by atoms with Crippen LogP contribution in [0.2, 0.25) is 0 Å². The van der Waals surface area contributed by atoms with Gasteiger partial charge in [0.25, 0.3) is 0 Å². The third kappa shape index (κ3) is 2.18. The maximum absolute atomic E-state index is 13.4. The van der Waals surface area contributed by atoms with Crippen LogP contribution in [0, 0.1) is 11.6 Å². The Morgan fingerprint density at radius 1 is 1.47 bits per heavy atom. The van der Waals surface area contributed by atoms with Crippen LogP contribution >= 0.6 is 0 Å². The van der Waals surface area contributed by atoms with Gasteiger partial charge in [0, 0.05) is 13.1 Å². The molecule has 1 unspecified atom stereocenters. The van der Waals surface area contributed by atoms with Crippen molar-refractivity contribution in [3.8, 4) is 0 Å². The first kappa shape index (κ1) is 11.7. The minimum atomic E-state index is -0.988. The number of anilines is 2. The minimum absolute atomic E-state index is 0.0171. The molecule has 0 aromatic heterocycles. The van der Waals surface area contributed by atoms with Crippen LogP contribution in [0.25, 0.3) is 0 Å². The maximum atomic E-state index is 13.4. The van der Waals surface area contributed by atoms with Crippen LogP contribution in [0.5, 0.6) is 0 Å². The first-order valence-electron chi connectivity index (χ1n) is 4.56. The summed E-state index contributed by atoms with van der Waals surface area (Å²) in [5.74, 6) is -1.94. The van der Waals surface area contributed by atoms with Gasteiger partial charge >= 0.3 is 0 Å². The zero-order valence-electron chi connectivity index (χ0n) is 8.67. The van der Waals surface area contributed by atoms with Crippen LogP contribution in [-0.2, 0) is 0 Å². The SMILES string of the molecule is CC(CO)N(C)c1c(N)ccc(F)c1F. The monoisotopic (exact) mass is 216 g/mol. The molecule has 0 saturated carbocycles. The van der Waals surface area contributed by atoms with Crippen molar-refractivity contribution >= 4 is 11.4 Å². The van der Waals surface area contributed by atoms with Gasteiger partial charge in [-0.25, -0.2) is 8.78 Å². The summed E-state index contributed by atoms with van der Waals surface area (Å²) in [6.45, 7) is 1.52. The zero-order chi connectivity index (χ0) is 11.6. The van der Waals surface area contributed by atoms with Crippen molar-refractivity contribution in [2.45, 2.75) is 13.0 Å². The van der Waals surface area contributed by atoms with Crippen LogP contribution in [0.3, 0.4) is 0 Å². The van der Waals surface area contributed by atoms with Crippen LogP contribution < -0.4 is 10.6 Å². The number of aliphatic hydroxyl groups excluding tert-OH is 1. The van der Waals surface area contributed by atoms with E-state index in [1.807, 2.05) is 0 Å². The Labute approximate surface area is 87.1 Å². The van der Waals surface area contributed by atoms with Gasteiger partial charge in [0.05, 0.1) is 18.0 Å². The molecular formula is C10H14F2N2O. The number of nitrogens with two attached hydrogens (primary N) is 1. The summed E-state index contributed by atoms with van der Waals surface area (Å²) < 4.78 is 26.4. The average Bonchev–Trinajstić information content (AvgIpc) is 2.22. The molecule has 84 valence electrons. The van der Waals surface area contributed by atoms with E-state index in [0.29, 0.717) is 0 Å². The predicted octanol–water partition coefficient (Wildman–Crippen LogP) is 1.36. The van der Waals surface area contributed by atoms with Gasteiger partial charge in [-0.2, -0.15) is 0 Å². The topological polar surface area (TPSA) is 49.5 Å². The first-order valence-corrected chi connectivity index (χ1v) is 4.56. The lowest BCUT2D eigenvalue weighted by atomic mass is 10.2. The highest BCUT2D eigenvalue weighted by Crippen LogP contribution is 2.28. The van der Waals surface area contributed by atoms with Crippen LogP contribution in [0.1, 0.15) is 6.92 Å². The number of rotatable bonds is 3. The fraction of sp³-hybridized carbons (Fsp3) is 0.400. The summed E-state index contributed by atoms with van der Waals surface area (Å²) >= 11 is 0. The van der Waals surface area contributed by atoms with Gasteiger partial charge in [-0.1, -0.05) is 0 Å². The first-order chi connectivity index (χ1) is 6.99. The summed E-state index contributed by atoms with van der Waals surface area (Å²) in [6, 6.07) is 1.95. The summed E-state index contributed by atoms with van der Waals surface area (Å²) in [4.78, 5) is 1.41. The highest BCUT2D eigenvalue weighted by Gasteiger charge is 2.18. The number of aliphatic hydroxyl groups is 1. The number of benzene rings is 1. The molecule has 0 radical (unpaired) electrons. The van der Waals surface area contributed by atoms with Gasteiger partial charge in [-0.05, 0) is 19.1 Å². The Hall–Kier alpha value is -1.36. The molecule has 1 rings (SSSR count). The number of nitrogens with zero attached hydrogens (tertiary/aromatic N) is 1. The molecule has 1 aromatic carbocycles. The molecule has 0 amide bonds. The molecule has 0 heterocycles. The van der Waals surface area contributed by atoms with Gasteiger partial charge in [-0.15, -0.1) is 0 Å². The van der Waals surface area contributed by atoms with Gasteiger partial charge in [-0.3, -0.25) is 0 Å². The summed E-state index contributed by atoms with van der Waals surface area (Å²) in [5.41, 5.74) is 5.69. The van der Waals surface area contributed by atoms with E-state index in [1.165, 1.54) is 11.0 Å². The largest absolute Gasteiger partial charge is 0.397 e. The lowest BCUT2D eigenvalue weighted by Crippen LogP contribution is -2.33. The predicted molar refractivity (Wildman–Crippen MR) is 55.7 cm³/mol. The Bertz CT molecular complexity index is 358. The normalized spacial score (nSPS) is 12.6. The second-order valence-electron chi connectivity index (χ2n) is 3.44. The molecule has 5 heteroatoms. The Kier molecular flexibility index (Phi) is 3.47. The molecule has 0 bridgehead atoms. The van der Waals surface area contributed by atoms with Crippen molar-refractivity contribution in [3.63, 3.8) is 0 Å². The van der Waals surface area contributed by atoms with Crippen molar-refractivity contribution in [3.05, 3.63) is 23.8 Å². The fourth-order valence-corrected chi connectivity index (χ4v) is 1.26. The summed E-state index contributed by atoms with van der Waals surface area (Å²) in [5, 5.41) is 8.92. The smallest absolute Gasteiger partial charge is 0.184 e. The zero-order valence-corrected chi connectivity index (χ0v) is 8.67. The molecule has 0 spiro atoms. The van der Waals surface area contributed by atoms with E-state index < -0.39 is 11.6 Å². The molecule has 0 fully saturated rings. The average molecular weight is 216 g/mol. The number of hydrogen-bond acceptors (Lipinski definition) is 3. The lowest BCUT2D eigenvalue weighted by molar-refractivity contribution is 0.269. The Morgan fingerprint density at radius 2 is 2.07 bits per heavy atom. The van der Waals surface area contributed by atoms with E-state index in [-0.39, 0.29) is 24.0 Å². The highest BCUT2D eigenvalue weighted by molar-refractivity contribution is 5.68. The molecule has 0 aliphatic rings. The standard InChI is InChI=1S/C10H14F2N2O/c1-6(5-15)14(2)10-8(13)4-3-7(11)9(10)12/h3-4,6,15H,5,13H2,1-2H3. The summed E-state index contributed by atoms with van der Waals surface area (Å²) in [7, 11) is 1.55. The third-order valence-electron chi connectivity index (χ3n) is 2.38. The fourth-order valence-electron chi connectivity index (χ4n) is 1.26. The second kappa shape index (κ2) is 4.44. The number of hydrogen-bond donors (Lipinski definition) is 2. The number of halogens is 2. The van der Waals surface area contributed by atoms with E-state index in [9.17, 15) is 8.78 Å². The van der Waals surface area contributed by atoms with Crippen molar-refractivity contribution in [2.24, 2.45) is 0 Å². The molecule has 1 aromatic rings. The molecule has 3 nitrogen and oxygen atoms in total. The van der Waals surface area contributed by atoms with E-state index in [2.05, 4.69) is 0 Å². The lowest BCUT2D eigenvalue weighted by Gasteiger charge is -2.27. The Balaban J connectivity index is 3.18. The van der Waals surface area contributed by atoms with Crippen LogP contribution in [0.15, 0.2) is 12.1 Å².